The zero-order chi connectivity index (χ0) is 21.0. The maximum absolute atomic E-state index is 5.64. The van der Waals surface area contributed by atoms with E-state index in [1.165, 1.54) is 12.8 Å². The first-order valence-corrected chi connectivity index (χ1v) is 10.3. The lowest BCUT2D eigenvalue weighted by molar-refractivity contribution is 0.0508. The predicted molar refractivity (Wildman–Crippen MR) is 119 cm³/mol. The summed E-state index contributed by atoms with van der Waals surface area (Å²) in [6.07, 6.45) is 8.20. The molecule has 1 aliphatic rings. The molecule has 0 amide bonds. The van der Waals surface area contributed by atoms with Crippen LogP contribution >= 0.6 is 0 Å². The third-order valence-electron chi connectivity index (χ3n) is 5.01. The summed E-state index contributed by atoms with van der Waals surface area (Å²) in [4.78, 5) is 9.75. The normalized spacial score (nSPS) is 19.4. The average Bonchev–Trinajstić information content (AvgIpc) is 2.80. The second-order valence-electron chi connectivity index (χ2n) is 7.15. The first-order valence-electron chi connectivity index (χ1n) is 10.3. The van der Waals surface area contributed by atoms with Crippen molar-refractivity contribution >= 4 is 12.4 Å². The van der Waals surface area contributed by atoms with E-state index >= 15 is 0 Å². The molecule has 0 N–H and O–H groups in total. The minimum absolute atomic E-state index is 0.150. The van der Waals surface area contributed by atoms with Gasteiger partial charge in [-0.25, -0.2) is 0 Å². The first-order chi connectivity index (χ1) is 14.8. The molecule has 160 valence electrons. The number of ether oxygens (including phenoxy) is 4. The van der Waals surface area contributed by atoms with E-state index in [4.69, 9.17) is 28.9 Å². The Hall–Kier alpha value is -2.70. The summed E-state index contributed by atoms with van der Waals surface area (Å²) in [6, 6.07) is 16.0. The minimum atomic E-state index is 0.150. The van der Waals surface area contributed by atoms with E-state index in [2.05, 4.69) is 0 Å². The molecule has 0 saturated heterocycles. The van der Waals surface area contributed by atoms with Crippen LogP contribution in [-0.4, -0.2) is 52.3 Å². The summed E-state index contributed by atoms with van der Waals surface area (Å²) >= 11 is 0. The summed E-state index contributed by atoms with van der Waals surface area (Å²) in [5.41, 5.74) is 1.89. The molecular formula is C24H30N2O4. The SMILES string of the molecule is COCOc1ccccc1C=N[C@H]1CCCC[C@@H]1N=Cc1ccccc1OCOC. The van der Waals surface area contributed by atoms with Gasteiger partial charge in [-0.1, -0.05) is 37.1 Å². The van der Waals surface area contributed by atoms with Crippen LogP contribution in [0.5, 0.6) is 11.5 Å². The van der Waals surface area contributed by atoms with Crippen LogP contribution in [0.4, 0.5) is 0 Å². The monoisotopic (exact) mass is 410 g/mol. The van der Waals surface area contributed by atoms with Gasteiger partial charge in [0.15, 0.2) is 13.6 Å². The Morgan fingerprint density at radius 1 is 0.733 bits per heavy atom. The number of hydrogen-bond acceptors (Lipinski definition) is 6. The molecule has 0 aromatic heterocycles. The van der Waals surface area contributed by atoms with E-state index < -0.39 is 0 Å². The van der Waals surface area contributed by atoms with E-state index in [1.54, 1.807) is 14.2 Å². The zero-order valence-electron chi connectivity index (χ0n) is 17.7. The van der Waals surface area contributed by atoms with Crippen LogP contribution in [0.15, 0.2) is 58.5 Å². The van der Waals surface area contributed by atoms with Crippen molar-refractivity contribution in [1.82, 2.24) is 0 Å². The number of aliphatic imine (C=N–C) groups is 2. The maximum atomic E-state index is 5.64. The van der Waals surface area contributed by atoms with E-state index in [0.717, 1.165) is 35.5 Å². The fourth-order valence-electron chi connectivity index (χ4n) is 3.47. The van der Waals surface area contributed by atoms with E-state index in [1.807, 2.05) is 61.0 Å². The average molecular weight is 411 g/mol. The van der Waals surface area contributed by atoms with E-state index in [-0.39, 0.29) is 25.7 Å². The Balaban J connectivity index is 1.72. The number of nitrogens with zero attached hydrogens (tertiary/aromatic N) is 2. The van der Waals surface area contributed by atoms with Crippen molar-refractivity contribution in [3.05, 3.63) is 59.7 Å². The molecule has 0 aliphatic heterocycles. The molecule has 0 heterocycles. The van der Waals surface area contributed by atoms with Gasteiger partial charge in [0.1, 0.15) is 11.5 Å². The first kappa shape index (κ1) is 22.0. The van der Waals surface area contributed by atoms with Crippen LogP contribution in [0.2, 0.25) is 0 Å². The van der Waals surface area contributed by atoms with Crippen LogP contribution in [-0.2, 0) is 9.47 Å². The van der Waals surface area contributed by atoms with E-state index in [9.17, 15) is 0 Å². The molecule has 6 nitrogen and oxygen atoms in total. The van der Waals surface area contributed by atoms with E-state index in [0.29, 0.717) is 0 Å². The lowest BCUT2D eigenvalue weighted by atomic mass is 9.91. The Labute approximate surface area is 178 Å². The Kier molecular flexibility index (Phi) is 8.87. The fourth-order valence-corrected chi connectivity index (χ4v) is 3.47. The van der Waals surface area contributed by atoms with Gasteiger partial charge in [-0.2, -0.15) is 0 Å². The molecule has 1 saturated carbocycles. The van der Waals surface area contributed by atoms with Crippen LogP contribution < -0.4 is 9.47 Å². The van der Waals surface area contributed by atoms with Crippen molar-refractivity contribution in [2.45, 2.75) is 37.8 Å². The largest absolute Gasteiger partial charge is 0.467 e. The highest BCUT2D eigenvalue weighted by atomic mass is 16.7. The van der Waals surface area contributed by atoms with Crippen molar-refractivity contribution in [2.75, 3.05) is 27.8 Å². The van der Waals surface area contributed by atoms with Gasteiger partial charge in [0.05, 0.1) is 12.1 Å². The van der Waals surface area contributed by atoms with Gasteiger partial charge in [0, 0.05) is 37.8 Å². The van der Waals surface area contributed by atoms with Crippen LogP contribution in [0.3, 0.4) is 0 Å². The van der Waals surface area contributed by atoms with Gasteiger partial charge in [-0.05, 0) is 37.1 Å². The van der Waals surface area contributed by atoms with Gasteiger partial charge in [-0.15, -0.1) is 0 Å². The summed E-state index contributed by atoms with van der Waals surface area (Å²) < 4.78 is 21.3. The second-order valence-corrected chi connectivity index (χ2v) is 7.15. The number of benzene rings is 2. The quantitative estimate of drug-likeness (QED) is 0.427. The Bertz CT molecular complexity index is 768. The summed E-state index contributed by atoms with van der Waals surface area (Å²) in [7, 11) is 3.22. The molecule has 1 aliphatic carbocycles. The van der Waals surface area contributed by atoms with Gasteiger partial charge in [0.25, 0.3) is 0 Å². The highest BCUT2D eigenvalue weighted by molar-refractivity contribution is 5.84. The van der Waals surface area contributed by atoms with Gasteiger partial charge >= 0.3 is 0 Å². The summed E-state index contributed by atoms with van der Waals surface area (Å²) in [6.45, 7) is 0.428. The Morgan fingerprint density at radius 2 is 1.17 bits per heavy atom. The maximum Gasteiger partial charge on any atom is 0.188 e. The van der Waals surface area contributed by atoms with Crippen molar-refractivity contribution in [3.63, 3.8) is 0 Å². The standard InChI is InChI=1S/C24H30N2O4/c1-27-17-29-23-13-7-3-9-19(23)15-25-21-11-5-6-12-22(21)26-16-20-10-4-8-14-24(20)30-18-28-2/h3-4,7-10,13-16,21-22H,5-6,11-12,17-18H2,1-2H3/t21-,22-/m0/s1. The lowest BCUT2D eigenvalue weighted by Crippen LogP contribution is -2.27. The molecule has 2 aromatic carbocycles. The molecule has 2 aromatic rings. The van der Waals surface area contributed by atoms with Crippen molar-refractivity contribution in [2.24, 2.45) is 9.98 Å². The molecule has 2 atom stereocenters. The lowest BCUT2D eigenvalue weighted by Gasteiger charge is -2.25. The van der Waals surface area contributed by atoms with Crippen molar-refractivity contribution in [3.8, 4) is 11.5 Å². The van der Waals surface area contributed by atoms with Gasteiger partial charge in [-0.3, -0.25) is 9.98 Å². The second kappa shape index (κ2) is 12.1. The molecule has 3 rings (SSSR count). The fraction of sp³-hybridized carbons (Fsp3) is 0.417. The zero-order valence-corrected chi connectivity index (χ0v) is 17.7. The summed E-state index contributed by atoms with van der Waals surface area (Å²) in [5.74, 6) is 1.53. The third-order valence-corrected chi connectivity index (χ3v) is 5.01. The van der Waals surface area contributed by atoms with Crippen molar-refractivity contribution < 1.29 is 18.9 Å². The smallest absolute Gasteiger partial charge is 0.188 e. The Morgan fingerprint density at radius 3 is 1.60 bits per heavy atom. The van der Waals surface area contributed by atoms with Crippen LogP contribution in [0.25, 0.3) is 0 Å². The molecule has 1 fully saturated rings. The van der Waals surface area contributed by atoms with Crippen LogP contribution in [0.1, 0.15) is 36.8 Å². The van der Waals surface area contributed by atoms with Crippen molar-refractivity contribution in [1.29, 1.82) is 0 Å². The number of methoxy groups -OCH3 is 2. The highest BCUT2D eigenvalue weighted by Crippen LogP contribution is 2.25. The number of rotatable bonds is 10. The topological polar surface area (TPSA) is 61.6 Å². The summed E-state index contributed by atoms with van der Waals surface area (Å²) in [5, 5.41) is 0. The van der Waals surface area contributed by atoms with Gasteiger partial charge in [0.2, 0.25) is 0 Å². The van der Waals surface area contributed by atoms with Crippen LogP contribution in [0, 0.1) is 0 Å². The van der Waals surface area contributed by atoms with Gasteiger partial charge < -0.3 is 18.9 Å². The molecule has 6 heteroatoms. The highest BCUT2D eigenvalue weighted by Gasteiger charge is 2.23. The molecule has 0 radical (unpaired) electrons. The molecule has 0 bridgehead atoms. The molecule has 0 spiro atoms. The third kappa shape index (κ3) is 6.40. The number of para-hydroxylation sites is 2. The minimum Gasteiger partial charge on any atom is -0.467 e. The molecule has 30 heavy (non-hydrogen) atoms. The predicted octanol–water partition coefficient (Wildman–Crippen LogP) is 4.50. The molecular weight excluding hydrogens is 380 g/mol. The molecule has 0 unspecified atom stereocenters. The number of hydrogen-bond donors (Lipinski definition) is 0.